The fourth-order valence-electron chi connectivity index (χ4n) is 1.28. The van der Waals surface area contributed by atoms with E-state index in [1.807, 2.05) is 0 Å². The minimum absolute atomic E-state index is 0.0273. The lowest BCUT2D eigenvalue weighted by atomic mass is 10.0. The molecule has 0 saturated carbocycles. The molecule has 0 radical (unpaired) electrons. The third-order valence-electron chi connectivity index (χ3n) is 1.94. The first-order valence-corrected chi connectivity index (χ1v) is 6.10. The number of carboxylic acids is 1. The summed E-state index contributed by atoms with van der Waals surface area (Å²) in [5.41, 5.74) is 0.0649. The molecule has 1 aromatic rings. The second-order valence-corrected chi connectivity index (χ2v) is 4.28. The summed E-state index contributed by atoms with van der Waals surface area (Å²) < 4.78 is 25.8. The monoisotopic (exact) mass is 357 g/mol. The lowest BCUT2D eigenvalue weighted by molar-refractivity contribution is -0.136. The van der Waals surface area contributed by atoms with Crippen LogP contribution in [0.25, 0.3) is 0 Å². The number of alkyl halides is 3. The van der Waals surface area contributed by atoms with Crippen LogP contribution in [-0.2, 0) is 16.5 Å². The predicted molar refractivity (Wildman–Crippen MR) is 60.9 cm³/mol. The van der Waals surface area contributed by atoms with Gasteiger partial charge in [-0.1, -0.05) is 15.9 Å². The Morgan fingerprint density at radius 1 is 1.56 bits per heavy atom. The molecule has 0 unspecified atom stereocenters. The van der Waals surface area contributed by atoms with E-state index in [2.05, 4.69) is 36.8 Å². The molecule has 0 amide bonds. The molecule has 0 atom stereocenters. The first-order valence-electron chi connectivity index (χ1n) is 4.19. The summed E-state index contributed by atoms with van der Waals surface area (Å²) in [7, 11) is 0. The zero-order chi connectivity index (χ0) is 12.3. The average molecular weight is 359 g/mol. The van der Waals surface area contributed by atoms with Crippen LogP contribution in [0.3, 0.4) is 0 Å². The zero-order valence-corrected chi connectivity index (χ0v) is 11.1. The van der Waals surface area contributed by atoms with Crippen molar-refractivity contribution in [2.75, 3.05) is 0 Å². The summed E-state index contributed by atoms with van der Waals surface area (Å²) in [6.07, 6.45) is -1.90. The van der Waals surface area contributed by atoms with Crippen molar-refractivity contribution >= 4 is 37.8 Å². The molecule has 88 valence electrons. The Bertz CT molecular complexity index is 413. The number of aliphatic carboxylic acids is 1. The molecule has 1 rings (SSSR count). The van der Waals surface area contributed by atoms with Gasteiger partial charge in [-0.2, -0.15) is 0 Å². The largest absolute Gasteiger partial charge is 0.481 e. The fraction of sp³-hybridized carbons (Fsp3) is 0.333. The van der Waals surface area contributed by atoms with E-state index in [9.17, 15) is 13.6 Å². The van der Waals surface area contributed by atoms with Gasteiger partial charge in [-0.25, -0.2) is 13.8 Å². The van der Waals surface area contributed by atoms with E-state index in [1.54, 1.807) is 0 Å². The van der Waals surface area contributed by atoms with Gasteiger partial charge in [0.2, 0.25) is 0 Å². The van der Waals surface area contributed by atoms with E-state index in [4.69, 9.17) is 5.11 Å². The molecule has 0 fully saturated rings. The molecular formula is C9H7Br2F2NO2. The molecule has 1 heterocycles. The number of pyridine rings is 1. The summed E-state index contributed by atoms with van der Waals surface area (Å²) in [5, 5.41) is 8.86. The van der Waals surface area contributed by atoms with Gasteiger partial charge in [-0.05, 0) is 21.5 Å². The minimum Gasteiger partial charge on any atom is -0.481 e. The maximum Gasteiger partial charge on any atom is 0.307 e. The van der Waals surface area contributed by atoms with E-state index in [1.165, 1.54) is 6.20 Å². The van der Waals surface area contributed by atoms with Crippen LogP contribution < -0.4 is 0 Å². The third kappa shape index (κ3) is 2.98. The average Bonchev–Trinajstić information content (AvgIpc) is 2.19. The smallest absolute Gasteiger partial charge is 0.307 e. The van der Waals surface area contributed by atoms with E-state index in [0.29, 0.717) is 5.56 Å². The van der Waals surface area contributed by atoms with Gasteiger partial charge in [0, 0.05) is 22.7 Å². The Morgan fingerprint density at radius 3 is 2.62 bits per heavy atom. The number of aromatic nitrogens is 1. The highest BCUT2D eigenvalue weighted by Gasteiger charge is 2.22. The Labute approximate surface area is 107 Å². The third-order valence-corrected chi connectivity index (χ3v) is 3.23. The maximum atomic E-state index is 12.8. The quantitative estimate of drug-likeness (QED) is 0.663. The van der Waals surface area contributed by atoms with Gasteiger partial charge < -0.3 is 5.11 Å². The van der Waals surface area contributed by atoms with Crippen LogP contribution >= 0.6 is 31.9 Å². The molecule has 0 saturated heterocycles. The summed E-state index contributed by atoms with van der Waals surface area (Å²) >= 11 is 6.05. The Balaban J connectivity index is 3.35. The van der Waals surface area contributed by atoms with Crippen LogP contribution in [0.4, 0.5) is 8.78 Å². The summed E-state index contributed by atoms with van der Waals surface area (Å²) in [6, 6.07) is 0. The van der Waals surface area contributed by atoms with Gasteiger partial charge in [0.25, 0.3) is 6.43 Å². The van der Waals surface area contributed by atoms with Crippen molar-refractivity contribution in [1.82, 2.24) is 4.98 Å². The highest BCUT2D eigenvalue weighted by Crippen LogP contribution is 2.31. The van der Waals surface area contributed by atoms with Crippen molar-refractivity contribution in [3.05, 3.63) is 27.5 Å². The Hall–Kier alpha value is -0.560. The van der Waals surface area contributed by atoms with Gasteiger partial charge >= 0.3 is 5.97 Å². The van der Waals surface area contributed by atoms with Crippen molar-refractivity contribution in [3.63, 3.8) is 0 Å². The van der Waals surface area contributed by atoms with Crippen LogP contribution in [-0.4, -0.2) is 16.1 Å². The van der Waals surface area contributed by atoms with Crippen molar-refractivity contribution in [3.8, 4) is 0 Å². The lowest BCUT2D eigenvalue weighted by Crippen LogP contribution is -2.08. The highest BCUT2D eigenvalue weighted by atomic mass is 79.9. The molecule has 3 nitrogen and oxygen atoms in total. The number of hydrogen-bond acceptors (Lipinski definition) is 2. The van der Waals surface area contributed by atoms with Crippen molar-refractivity contribution in [1.29, 1.82) is 0 Å². The van der Waals surface area contributed by atoms with Gasteiger partial charge in [0.05, 0.1) is 6.42 Å². The van der Waals surface area contributed by atoms with Crippen molar-refractivity contribution in [2.45, 2.75) is 18.2 Å². The number of carbonyl (C=O) groups is 1. The van der Waals surface area contributed by atoms with E-state index >= 15 is 0 Å². The Morgan fingerprint density at radius 2 is 2.19 bits per heavy atom. The summed E-state index contributed by atoms with van der Waals surface area (Å²) in [5.74, 6) is -1.17. The van der Waals surface area contributed by atoms with Crippen LogP contribution in [0, 0.1) is 0 Å². The number of carboxylic acid groups (broad SMARTS) is 1. The topological polar surface area (TPSA) is 50.2 Å². The number of hydrogen-bond donors (Lipinski definition) is 1. The molecule has 0 aromatic carbocycles. The van der Waals surface area contributed by atoms with Crippen LogP contribution in [0.15, 0.2) is 10.8 Å². The lowest BCUT2D eigenvalue weighted by Gasteiger charge is -2.12. The summed E-state index contributed by atoms with van der Waals surface area (Å²) in [6.45, 7) is 0. The molecule has 0 aliphatic heterocycles. The molecule has 0 aliphatic carbocycles. The van der Waals surface area contributed by atoms with Crippen molar-refractivity contribution in [2.24, 2.45) is 0 Å². The molecule has 0 aliphatic rings. The molecular weight excluding hydrogens is 352 g/mol. The molecule has 0 spiro atoms. The second-order valence-electron chi connectivity index (χ2n) is 2.97. The first kappa shape index (κ1) is 13.5. The normalized spacial score (nSPS) is 10.8. The predicted octanol–water partition coefficient (Wildman–Crippen LogP) is 3.30. The number of nitrogens with zero attached hydrogens (tertiary/aromatic N) is 1. The van der Waals surface area contributed by atoms with E-state index in [-0.39, 0.29) is 21.1 Å². The molecule has 1 aromatic heterocycles. The molecule has 7 heteroatoms. The number of halogens is 4. The van der Waals surface area contributed by atoms with E-state index < -0.39 is 18.8 Å². The van der Waals surface area contributed by atoms with Crippen LogP contribution in [0.5, 0.6) is 0 Å². The number of rotatable bonds is 4. The van der Waals surface area contributed by atoms with Gasteiger partial charge in [0.15, 0.2) is 0 Å². The fourth-order valence-corrected chi connectivity index (χ4v) is 2.19. The SMILES string of the molecule is O=C(O)Cc1c(Br)ncc(CBr)c1C(F)F. The highest BCUT2D eigenvalue weighted by molar-refractivity contribution is 9.10. The second kappa shape index (κ2) is 5.67. The maximum absolute atomic E-state index is 12.8. The van der Waals surface area contributed by atoms with E-state index in [0.717, 1.165) is 0 Å². The van der Waals surface area contributed by atoms with Crippen LogP contribution in [0.2, 0.25) is 0 Å². The van der Waals surface area contributed by atoms with Gasteiger partial charge in [0.1, 0.15) is 4.60 Å². The zero-order valence-electron chi connectivity index (χ0n) is 7.88. The Kier molecular flexibility index (Phi) is 4.79. The summed E-state index contributed by atoms with van der Waals surface area (Å²) in [4.78, 5) is 14.4. The van der Waals surface area contributed by atoms with Gasteiger partial charge in [-0.15, -0.1) is 0 Å². The van der Waals surface area contributed by atoms with Crippen LogP contribution in [0.1, 0.15) is 23.1 Å². The molecule has 0 bridgehead atoms. The minimum atomic E-state index is -2.72. The first-order chi connectivity index (χ1) is 7.47. The van der Waals surface area contributed by atoms with Crippen molar-refractivity contribution < 1.29 is 18.7 Å². The van der Waals surface area contributed by atoms with Gasteiger partial charge in [-0.3, -0.25) is 4.79 Å². The molecule has 1 N–H and O–H groups in total. The standard InChI is InChI=1S/C9H7Br2F2NO2/c10-2-4-3-14-8(11)5(1-6(15)16)7(4)9(12)13/h3,9H,1-2H2,(H,15,16). The molecule has 16 heavy (non-hydrogen) atoms.